The number of nitrogens with zero attached hydrogens (tertiary/aromatic N) is 3. The summed E-state index contributed by atoms with van der Waals surface area (Å²) >= 11 is 0. The number of nitrogens with one attached hydrogen (secondary N) is 5. The number of carbonyl (C=O) groups excluding carboxylic acids is 11. The molecule has 0 bridgehead atoms. The fourth-order valence-corrected chi connectivity index (χ4v) is 5.45. The zero-order valence-electron chi connectivity index (χ0n) is 35.3. The summed E-state index contributed by atoms with van der Waals surface area (Å²) in [6.07, 6.45) is -1.75. The lowest BCUT2D eigenvalue weighted by Gasteiger charge is -2.21. The molecule has 1 atom stereocenters. The highest BCUT2D eigenvalue weighted by Crippen LogP contribution is 2.12. The zero-order chi connectivity index (χ0) is 49.1. The van der Waals surface area contributed by atoms with Gasteiger partial charge in [0.2, 0.25) is 47.8 Å². The lowest BCUT2D eigenvalue weighted by atomic mass is 9.99. The van der Waals surface area contributed by atoms with Gasteiger partial charge in [-0.1, -0.05) is 12.1 Å². The second kappa shape index (κ2) is 29.5. The second-order valence-corrected chi connectivity index (χ2v) is 14.1. The Morgan fingerprint density at radius 1 is 0.554 bits per heavy atom. The smallest absolute Gasteiger partial charge is 0.323 e. The minimum absolute atomic E-state index is 0.00377. The molecule has 1 rings (SSSR count). The molecule has 1 aromatic rings. The highest BCUT2D eigenvalue weighted by Gasteiger charge is 2.25. The molecule has 26 heteroatoms. The van der Waals surface area contributed by atoms with Gasteiger partial charge in [0, 0.05) is 45.6 Å². The Balaban J connectivity index is 2.58. The molecule has 1 aromatic carbocycles. The molecule has 0 aliphatic rings. The number of hydrogen-bond donors (Lipinski definition) is 9. The minimum atomic E-state index is -1.52. The number of benzene rings is 1. The molecule has 0 radical (unpaired) electrons. The van der Waals surface area contributed by atoms with Crippen LogP contribution in [0.2, 0.25) is 0 Å². The molecular weight excluding hydrogens is 868 g/mol. The summed E-state index contributed by atoms with van der Waals surface area (Å²) < 4.78 is 0. The van der Waals surface area contributed by atoms with Gasteiger partial charge in [0.15, 0.2) is 17.3 Å². The van der Waals surface area contributed by atoms with Gasteiger partial charge in [0.05, 0.1) is 32.2 Å². The van der Waals surface area contributed by atoms with Crippen molar-refractivity contribution in [3.63, 3.8) is 0 Å². The van der Waals surface area contributed by atoms with E-state index in [4.69, 9.17) is 5.11 Å². The number of carboxylic acids is 3. The quantitative estimate of drug-likeness (QED) is 0.0236. The normalized spacial score (nSPS) is 10.8. The van der Waals surface area contributed by atoms with Crippen molar-refractivity contribution in [2.24, 2.45) is 0 Å². The standard InChI is InChI=1S/C39H52N8O18/c1-24(49)41-15-35(58)46(21-38(62)63)18-32(55)40-12-2-3-28(52)17-45(20-37(60)61)34(57)11-8-27(51)14-42-33(56)19-47(22-39(64)65)36(59)16-43-31(54)10-9-30(53)29(44-23-48)13-25-4-6-26(50)7-5-25/h4-7,23,29,50H,2-3,8-22H2,1H3,(H,40,55)(H,41,49)(H,42,56)(H,43,54)(H,44,48)(H,60,61)(H,62,63)(H,64,65)/t29-/m0/s1. The molecule has 0 aromatic heterocycles. The van der Waals surface area contributed by atoms with Gasteiger partial charge in [-0.05, 0) is 30.5 Å². The Labute approximate surface area is 370 Å². The molecule has 0 saturated carbocycles. The van der Waals surface area contributed by atoms with Gasteiger partial charge in [-0.15, -0.1) is 0 Å². The number of carboxylic acid groups (broad SMARTS) is 3. The Morgan fingerprint density at radius 2 is 1.06 bits per heavy atom. The van der Waals surface area contributed by atoms with Crippen LogP contribution in [0.5, 0.6) is 5.75 Å². The summed E-state index contributed by atoms with van der Waals surface area (Å²) in [7, 11) is 0. The van der Waals surface area contributed by atoms with Crippen LogP contribution in [0.25, 0.3) is 0 Å². The lowest BCUT2D eigenvalue weighted by molar-refractivity contribution is -0.146. The van der Waals surface area contributed by atoms with E-state index in [1.54, 1.807) is 0 Å². The maximum absolute atomic E-state index is 12.8. The van der Waals surface area contributed by atoms with Crippen molar-refractivity contribution in [3.8, 4) is 5.75 Å². The van der Waals surface area contributed by atoms with Gasteiger partial charge in [-0.3, -0.25) is 67.1 Å². The molecule has 0 aliphatic carbocycles. The Kier molecular flexibility index (Phi) is 25.1. The van der Waals surface area contributed by atoms with Crippen LogP contribution in [0.4, 0.5) is 0 Å². The Bertz CT molecular complexity index is 1940. The number of carbonyl (C=O) groups is 14. The Morgan fingerprint density at radius 3 is 1.58 bits per heavy atom. The van der Waals surface area contributed by atoms with E-state index in [2.05, 4.69) is 26.6 Å². The van der Waals surface area contributed by atoms with Crippen molar-refractivity contribution in [1.82, 2.24) is 41.3 Å². The predicted molar refractivity (Wildman–Crippen MR) is 218 cm³/mol. The number of phenolic OH excluding ortho intramolecular Hbond substituents is 1. The van der Waals surface area contributed by atoms with E-state index in [0.717, 1.165) is 6.92 Å². The molecular formula is C39H52N8O18. The molecule has 0 spiro atoms. The molecule has 65 heavy (non-hydrogen) atoms. The summed E-state index contributed by atoms with van der Waals surface area (Å²) in [5.74, 6) is -12.2. The van der Waals surface area contributed by atoms with Crippen LogP contribution in [0.1, 0.15) is 51.0 Å². The third kappa shape index (κ3) is 25.0. The van der Waals surface area contributed by atoms with Crippen molar-refractivity contribution in [1.29, 1.82) is 0 Å². The van der Waals surface area contributed by atoms with Crippen LogP contribution in [0, 0.1) is 0 Å². The largest absolute Gasteiger partial charge is 0.508 e. The van der Waals surface area contributed by atoms with Gasteiger partial charge in [0.1, 0.15) is 38.5 Å². The predicted octanol–water partition coefficient (Wildman–Crippen LogP) is -4.68. The molecule has 0 aliphatic heterocycles. The molecule has 26 nitrogen and oxygen atoms in total. The van der Waals surface area contributed by atoms with E-state index in [1.807, 2.05) is 0 Å². The molecule has 0 saturated heterocycles. The van der Waals surface area contributed by atoms with E-state index < -0.39 is 161 Å². The van der Waals surface area contributed by atoms with Gasteiger partial charge < -0.3 is 61.7 Å². The van der Waals surface area contributed by atoms with E-state index in [1.165, 1.54) is 24.3 Å². The second-order valence-electron chi connectivity index (χ2n) is 14.1. The monoisotopic (exact) mass is 920 g/mol. The number of ketones is 3. The summed E-state index contributed by atoms with van der Waals surface area (Å²) in [6, 6.07) is 4.86. The topological polar surface area (TPSA) is 390 Å². The van der Waals surface area contributed by atoms with Crippen LogP contribution in [-0.2, 0) is 73.5 Å². The maximum atomic E-state index is 12.8. The fourth-order valence-electron chi connectivity index (χ4n) is 5.45. The van der Waals surface area contributed by atoms with Gasteiger partial charge in [-0.25, -0.2) is 0 Å². The summed E-state index contributed by atoms with van der Waals surface area (Å²) in [4.78, 5) is 170. The first-order valence-corrected chi connectivity index (χ1v) is 19.7. The average molecular weight is 921 g/mol. The third-order valence-corrected chi connectivity index (χ3v) is 8.69. The molecule has 0 fully saturated rings. The van der Waals surface area contributed by atoms with Crippen molar-refractivity contribution < 1.29 is 87.5 Å². The summed E-state index contributed by atoms with van der Waals surface area (Å²) in [5.41, 5.74) is 0.610. The number of aliphatic carboxylic acids is 3. The average Bonchev–Trinajstić information content (AvgIpc) is 3.23. The number of aromatic hydroxyl groups is 1. The van der Waals surface area contributed by atoms with Gasteiger partial charge in [-0.2, -0.15) is 0 Å². The third-order valence-electron chi connectivity index (χ3n) is 8.69. The molecule has 8 amide bonds. The fraction of sp³-hybridized carbons (Fsp3) is 0.487. The van der Waals surface area contributed by atoms with Crippen LogP contribution in [0.3, 0.4) is 0 Å². The summed E-state index contributed by atoms with van der Waals surface area (Å²) in [5, 5.41) is 48.3. The minimum Gasteiger partial charge on any atom is -0.508 e. The first-order valence-electron chi connectivity index (χ1n) is 19.7. The van der Waals surface area contributed by atoms with E-state index in [9.17, 15) is 82.4 Å². The van der Waals surface area contributed by atoms with Crippen molar-refractivity contribution in [2.75, 3.05) is 65.4 Å². The van der Waals surface area contributed by atoms with Crippen molar-refractivity contribution >= 4 is 83.0 Å². The lowest BCUT2D eigenvalue weighted by Crippen LogP contribution is -2.47. The first kappa shape index (κ1) is 55.2. The van der Waals surface area contributed by atoms with Crippen LogP contribution >= 0.6 is 0 Å². The van der Waals surface area contributed by atoms with E-state index in [-0.39, 0.29) is 38.0 Å². The van der Waals surface area contributed by atoms with E-state index in [0.29, 0.717) is 26.7 Å². The highest BCUT2D eigenvalue weighted by atomic mass is 16.4. The highest BCUT2D eigenvalue weighted by molar-refractivity contribution is 5.95. The van der Waals surface area contributed by atoms with Gasteiger partial charge >= 0.3 is 17.9 Å². The Hall–Kier alpha value is -7.80. The maximum Gasteiger partial charge on any atom is 0.323 e. The molecule has 0 heterocycles. The van der Waals surface area contributed by atoms with Crippen LogP contribution in [-0.4, -0.2) is 190 Å². The van der Waals surface area contributed by atoms with Gasteiger partial charge in [0.25, 0.3) is 0 Å². The number of amides is 8. The summed E-state index contributed by atoms with van der Waals surface area (Å²) in [6.45, 7) is -5.95. The molecule has 9 N–H and O–H groups in total. The SMILES string of the molecule is CC(=O)NCC(=O)N(CC(=O)O)CC(=O)NCCCC(=O)CN(CC(=O)O)C(=O)CCC(=O)CNC(=O)CN(CC(=O)O)C(=O)CNC(=O)CCC(=O)[C@H](Cc1ccc(O)cc1)NC=O. The van der Waals surface area contributed by atoms with Crippen LogP contribution < -0.4 is 26.6 Å². The van der Waals surface area contributed by atoms with Crippen molar-refractivity contribution in [3.05, 3.63) is 29.8 Å². The number of rotatable bonds is 33. The van der Waals surface area contributed by atoms with Crippen LogP contribution in [0.15, 0.2) is 24.3 Å². The zero-order valence-corrected chi connectivity index (χ0v) is 35.3. The van der Waals surface area contributed by atoms with Crippen molar-refractivity contribution in [2.45, 2.75) is 57.9 Å². The first-order chi connectivity index (χ1) is 30.6. The molecule has 356 valence electrons. The van der Waals surface area contributed by atoms with E-state index >= 15 is 0 Å². The number of phenols is 1. The molecule has 0 unspecified atom stereocenters. The number of Topliss-reactive ketones (excluding diaryl/α,β-unsaturated/α-hetero) is 3. The number of hydrogen-bond acceptors (Lipinski definition) is 15.